The van der Waals surface area contributed by atoms with Crippen molar-refractivity contribution in [2.45, 2.75) is 46.5 Å². The van der Waals surface area contributed by atoms with E-state index in [0.29, 0.717) is 16.3 Å². The molecule has 1 aromatic carbocycles. The van der Waals surface area contributed by atoms with Crippen molar-refractivity contribution in [1.29, 1.82) is 0 Å². The van der Waals surface area contributed by atoms with Gasteiger partial charge in [-0.1, -0.05) is 44.5 Å². The average molecular weight is 421 g/mol. The van der Waals surface area contributed by atoms with Crippen LogP contribution in [0.15, 0.2) is 30.5 Å². The van der Waals surface area contributed by atoms with Gasteiger partial charge in [-0.3, -0.25) is 9.82 Å². The summed E-state index contributed by atoms with van der Waals surface area (Å²) in [5.74, 6) is -0.618. The summed E-state index contributed by atoms with van der Waals surface area (Å²) in [5, 5.41) is 10.4. The van der Waals surface area contributed by atoms with E-state index >= 15 is 0 Å². The zero-order valence-electron chi connectivity index (χ0n) is 16.5. The van der Waals surface area contributed by atoms with Crippen LogP contribution in [0.3, 0.4) is 0 Å². The highest BCUT2D eigenvalue weighted by molar-refractivity contribution is 6.30. The number of carbonyl (C=O) groups excluding carboxylic acids is 1. The molecule has 1 aliphatic heterocycles. The van der Waals surface area contributed by atoms with Gasteiger partial charge in [0.25, 0.3) is 5.09 Å². The van der Waals surface area contributed by atoms with E-state index < -0.39 is 22.6 Å². The molecule has 1 aromatic heterocycles. The fourth-order valence-electron chi connectivity index (χ4n) is 3.13. The minimum absolute atomic E-state index is 0.213. The van der Waals surface area contributed by atoms with Crippen LogP contribution in [0.1, 0.15) is 49.3 Å². The van der Waals surface area contributed by atoms with Gasteiger partial charge in [0.1, 0.15) is 6.10 Å². The number of hydrogen-bond donors (Lipinski definition) is 0. The van der Waals surface area contributed by atoms with Crippen LogP contribution in [0.5, 0.6) is 5.75 Å². The number of aromatic nitrogens is 1. The first-order valence-corrected chi connectivity index (χ1v) is 9.34. The van der Waals surface area contributed by atoms with Gasteiger partial charge < -0.3 is 9.47 Å². The molecule has 0 radical (unpaired) electrons. The van der Waals surface area contributed by atoms with Gasteiger partial charge in [-0.05, 0) is 30.0 Å². The van der Waals surface area contributed by atoms with Gasteiger partial charge in [0.15, 0.2) is 5.75 Å². The van der Waals surface area contributed by atoms with Crippen LogP contribution in [0, 0.1) is 22.5 Å². The van der Waals surface area contributed by atoms with Gasteiger partial charge in [-0.2, -0.15) is 0 Å². The molecular formula is C20H21ClN2O6. The Hall–Kier alpha value is -2.71. The standard InChI is InChI=1S/C20H21ClN2O6/c1-11-16(28-19(24)18(20(2,3)4)29-23(25)26)15-10-27-17(14(15)9-22-11)12-5-7-13(21)8-6-12/h5-9,17-18H,10H2,1-4H3. The largest absolute Gasteiger partial charge is 0.423 e. The van der Waals surface area contributed by atoms with E-state index in [9.17, 15) is 14.9 Å². The van der Waals surface area contributed by atoms with Gasteiger partial charge in [-0.25, -0.2) is 4.79 Å². The van der Waals surface area contributed by atoms with E-state index in [1.165, 1.54) is 0 Å². The third-order valence-electron chi connectivity index (χ3n) is 4.59. The third-order valence-corrected chi connectivity index (χ3v) is 4.84. The SMILES string of the molecule is Cc1ncc2c(c1OC(=O)C(O[N+](=O)[O-])C(C)(C)C)COC2c1ccc(Cl)cc1. The number of esters is 1. The maximum absolute atomic E-state index is 12.7. The van der Waals surface area contributed by atoms with Gasteiger partial charge in [0, 0.05) is 22.3 Å². The van der Waals surface area contributed by atoms with Gasteiger partial charge in [0.2, 0.25) is 6.10 Å². The van der Waals surface area contributed by atoms with Crippen molar-refractivity contribution in [3.63, 3.8) is 0 Å². The molecule has 0 saturated heterocycles. The molecule has 8 nitrogen and oxygen atoms in total. The number of fused-ring (bicyclic) bond motifs is 1. The Morgan fingerprint density at radius 1 is 1.34 bits per heavy atom. The lowest BCUT2D eigenvalue weighted by Gasteiger charge is -2.26. The zero-order chi connectivity index (χ0) is 21.3. The maximum Gasteiger partial charge on any atom is 0.341 e. The molecular weight excluding hydrogens is 400 g/mol. The molecule has 0 spiro atoms. The second-order valence-corrected chi connectivity index (χ2v) is 8.28. The van der Waals surface area contributed by atoms with E-state index in [4.69, 9.17) is 21.1 Å². The van der Waals surface area contributed by atoms with Crippen molar-refractivity contribution in [2.75, 3.05) is 0 Å². The highest BCUT2D eigenvalue weighted by atomic mass is 35.5. The zero-order valence-corrected chi connectivity index (χ0v) is 17.2. The minimum Gasteiger partial charge on any atom is -0.423 e. The van der Waals surface area contributed by atoms with Crippen molar-refractivity contribution in [1.82, 2.24) is 4.98 Å². The van der Waals surface area contributed by atoms with E-state index in [0.717, 1.165) is 11.1 Å². The smallest absolute Gasteiger partial charge is 0.341 e. The maximum atomic E-state index is 12.7. The summed E-state index contributed by atoms with van der Waals surface area (Å²) in [6.07, 6.45) is -0.0772. The molecule has 1 aliphatic rings. The Morgan fingerprint density at radius 3 is 2.59 bits per heavy atom. The number of carbonyl (C=O) groups is 1. The molecule has 29 heavy (non-hydrogen) atoms. The predicted molar refractivity (Wildman–Crippen MR) is 104 cm³/mol. The summed E-state index contributed by atoms with van der Waals surface area (Å²) in [5.41, 5.74) is 1.97. The summed E-state index contributed by atoms with van der Waals surface area (Å²) in [7, 11) is 0. The van der Waals surface area contributed by atoms with Crippen molar-refractivity contribution >= 4 is 17.6 Å². The number of hydrogen-bond acceptors (Lipinski definition) is 7. The molecule has 0 fully saturated rings. The second kappa shape index (κ2) is 7.96. The molecule has 2 unspecified atom stereocenters. The molecule has 0 N–H and O–H groups in total. The highest BCUT2D eigenvalue weighted by Gasteiger charge is 2.38. The first-order valence-electron chi connectivity index (χ1n) is 8.96. The fourth-order valence-corrected chi connectivity index (χ4v) is 3.25. The minimum atomic E-state index is -1.39. The highest BCUT2D eigenvalue weighted by Crippen LogP contribution is 2.41. The summed E-state index contributed by atoms with van der Waals surface area (Å²) in [6.45, 7) is 6.87. The lowest BCUT2D eigenvalue weighted by molar-refractivity contribution is -0.768. The second-order valence-electron chi connectivity index (χ2n) is 7.85. The van der Waals surface area contributed by atoms with Crippen molar-refractivity contribution < 1.29 is 24.2 Å². The fraction of sp³-hybridized carbons (Fsp3) is 0.400. The van der Waals surface area contributed by atoms with Gasteiger partial charge in [0.05, 0.1) is 12.3 Å². The average Bonchev–Trinajstić information content (AvgIpc) is 3.06. The number of aryl methyl sites for hydroxylation is 1. The van der Waals surface area contributed by atoms with Crippen molar-refractivity contribution in [3.8, 4) is 5.75 Å². The van der Waals surface area contributed by atoms with E-state index in [1.807, 2.05) is 12.1 Å². The van der Waals surface area contributed by atoms with Crippen LogP contribution in [0.2, 0.25) is 5.02 Å². The molecule has 9 heteroatoms. The predicted octanol–water partition coefficient (Wildman–Crippen LogP) is 4.19. The van der Waals surface area contributed by atoms with Gasteiger partial charge in [-0.15, -0.1) is 10.1 Å². The molecule has 3 rings (SSSR count). The lowest BCUT2D eigenvalue weighted by atomic mass is 9.89. The monoisotopic (exact) mass is 420 g/mol. The lowest BCUT2D eigenvalue weighted by Crippen LogP contribution is -2.41. The first kappa shape index (κ1) is 21.0. The van der Waals surface area contributed by atoms with Gasteiger partial charge >= 0.3 is 5.97 Å². The number of halogens is 1. The number of ether oxygens (including phenoxy) is 2. The van der Waals surface area contributed by atoms with Crippen LogP contribution in [0.4, 0.5) is 0 Å². The molecule has 0 amide bonds. The Bertz CT molecular complexity index is 939. The molecule has 2 atom stereocenters. The quantitative estimate of drug-likeness (QED) is 0.406. The van der Waals surface area contributed by atoms with Crippen molar-refractivity contribution in [2.24, 2.45) is 5.41 Å². The first-order chi connectivity index (χ1) is 13.6. The molecule has 0 aliphatic carbocycles. The summed E-state index contributed by atoms with van der Waals surface area (Å²) < 4.78 is 11.5. The Morgan fingerprint density at radius 2 is 2.00 bits per heavy atom. The normalized spacial score (nSPS) is 16.8. The Labute approximate surface area is 172 Å². The Balaban J connectivity index is 1.92. The summed E-state index contributed by atoms with van der Waals surface area (Å²) in [6, 6.07) is 7.25. The van der Waals surface area contributed by atoms with Crippen LogP contribution in [-0.2, 0) is 21.0 Å². The van der Waals surface area contributed by atoms with Crippen LogP contribution >= 0.6 is 11.6 Å². The van der Waals surface area contributed by atoms with Crippen LogP contribution in [-0.4, -0.2) is 22.1 Å². The number of nitrogens with zero attached hydrogens (tertiary/aromatic N) is 2. The van der Waals surface area contributed by atoms with Crippen molar-refractivity contribution in [3.05, 3.63) is 68.0 Å². The van der Waals surface area contributed by atoms with E-state index in [2.05, 4.69) is 9.82 Å². The third kappa shape index (κ3) is 4.49. The van der Waals surface area contributed by atoms with Crippen LogP contribution < -0.4 is 4.74 Å². The van der Waals surface area contributed by atoms with Crippen LogP contribution in [0.25, 0.3) is 0 Å². The Kier molecular flexibility index (Phi) is 5.77. The summed E-state index contributed by atoms with van der Waals surface area (Å²) in [4.78, 5) is 32.4. The van der Waals surface area contributed by atoms with E-state index in [-0.39, 0.29) is 18.5 Å². The summed E-state index contributed by atoms with van der Waals surface area (Å²) >= 11 is 5.95. The number of benzene rings is 1. The number of rotatable bonds is 5. The molecule has 0 saturated carbocycles. The molecule has 2 heterocycles. The van der Waals surface area contributed by atoms with E-state index in [1.54, 1.807) is 46.0 Å². The molecule has 2 aromatic rings. The molecule has 0 bridgehead atoms. The molecule has 154 valence electrons. The number of pyridine rings is 1. The topological polar surface area (TPSA) is 101 Å².